The highest BCUT2D eigenvalue weighted by Crippen LogP contribution is 2.26. The Kier molecular flexibility index (Phi) is 7.80. The highest BCUT2D eigenvalue weighted by atomic mass is 19.4. The van der Waals surface area contributed by atoms with Crippen LogP contribution in [0, 0.1) is 0 Å². The van der Waals surface area contributed by atoms with Gasteiger partial charge < -0.3 is 25.6 Å². The summed E-state index contributed by atoms with van der Waals surface area (Å²) in [6.45, 7) is 2.05. The number of nitrogens with zero attached hydrogens (tertiary/aromatic N) is 2. The molecule has 0 atom stereocenters. The average Bonchev–Trinajstić information content (AvgIpc) is 3.29. The molecule has 1 fully saturated rings. The van der Waals surface area contributed by atoms with E-state index >= 15 is 0 Å². The van der Waals surface area contributed by atoms with Crippen LogP contribution in [0.5, 0.6) is 5.75 Å². The van der Waals surface area contributed by atoms with E-state index in [1.54, 1.807) is 24.1 Å². The summed E-state index contributed by atoms with van der Waals surface area (Å²) < 4.78 is 41.8. The van der Waals surface area contributed by atoms with Gasteiger partial charge in [-0.25, -0.2) is 4.79 Å². The first-order valence-electron chi connectivity index (χ1n) is 10.3. The maximum atomic E-state index is 12.6. The van der Waals surface area contributed by atoms with Gasteiger partial charge >= 0.3 is 12.4 Å². The summed E-state index contributed by atoms with van der Waals surface area (Å²) in [5, 5.41) is 9.00. The van der Waals surface area contributed by atoms with Gasteiger partial charge in [0.2, 0.25) is 0 Å². The number of nitrogens with one attached hydrogen (secondary N) is 3. The van der Waals surface area contributed by atoms with Gasteiger partial charge in [0, 0.05) is 44.5 Å². The van der Waals surface area contributed by atoms with Crippen LogP contribution in [0.3, 0.4) is 0 Å². The summed E-state index contributed by atoms with van der Waals surface area (Å²) in [6, 6.07) is 13.3. The SMILES string of the molecule is CN=C(NCc1cccc(NC(=O)N2CCCC2)c1)NCc1ccccc1OC(F)(F)F. The Morgan fingerprint density at radius 1 is 1.06 bits per heavy atom. The van der Waals surface area contributed by atoms with Crippen molar-refractivity contribution in [1.82, 2.24) is 15.5 Å². The normalized spacial score (nSPS) is 14.2. The third-order valence-corrected chi connectivity index (χ3v) is 4.90. The van der Waals surface area contributed by atoms with Gasteiger partial charge in [-0.1, -0.05) is 30.3 Å². The highest BCUT2D eigenvalue weighted by molar-refractivity contribution is 5.89. The Morgan fingerprint density at radius 3 is 2.50 bits per heavy atom. The van der Waals surface area contributed by atoms with Gasteiger partial charge in [0.15, 0.2) is 5.96 Å². The first kappa shape index (κ1) is 23.2. The van der Waals surface area contributed by atoms with Crippen LogP contribution in [0.1, 0.15) is 24.0 Å². The van der Waals surface area contributed by atoms with Gasteiger partial charge in [0.05, 0.1) is 0 Å². The lowest BCUT2D eigenvalue weighted by Crippen LogP contribution is -2.36. The van der Waals surface area contributed by atoms with E-state index in [4.69, 9.17) is 0 Å². The summed E-state index contributed by atoms with van der Waals surface area (Å²) in [5.74, 6) is 0.155. The van der Waals surface area contributed by atoms with Crippen LogP contribution >= 0.6 is 0 Å². The van der Waals surface area contributed by atoms with Gasteiger partial charge in [0.1, 0.15) is 5.75 Å². The van der Waals surface area contributed by atoms with Crippen LogP contribution in [0.2, 0.25) is 0 Å². The molecule has 1 heterocycles. The van der Waals surface area contributed by atoms with E-state index in [0.717, 1.165) is 31.5 Å². The number of guanidine groups is 1. The summed E-state index contributed by atoms with van der Waals surface area (Å²) in [4.78, 5) is 18.2. The average molecular weight is 449 g/mol. The minimum Gasteiger partial charge on any atom is -0.405 e. The summed E-state index contributed by atoms with van der Waals surface area (Å²) in [6.07, 6.45) is -2.71. The molecule has 1 aliphatic rings. The van der Waals surface area contributed by atoms with E-state index < -0.39 is 6.36 Å². The van der Waals surface area contributed by atoms with Crippen molar-refractivity contribution in [3.05, 3.63) is 59.7 Å². The third-order valence-electron chi connectivity index (χ3n) is 4.90. The predicted molar refractivity (Wildman–Crippen MR) is 116 cm³/mol. The van der Waals surface area contributed by atoms with Crippen LogP contribution < -0.4 is 20.7 Å². The quantitative estimate of drug-likeness (QED) is 0.459. The number of carbonyl (C=O) groups excluding carboxylic acids is 1. The Bertz CT molecular complexity index is 943. The fraction of sp³-hybridized carbons (Fsp3) is 0.364. The number of para-hydroxylation sites is 1. The molecule has 0 aliphatic carbocycles. The molecule has 10 heteroatoms. The number of benzene rings is 2. The smallest absolute Gasteiger partial charge is 0.405 e. The molecular formula is C22H26F3N5O2. The Morgan fingerprint density at radius 2 is 1.78 bits per heavy atom. The lowest BCUT2D eigenvalue weighted by molar-refractivity contribution is -0.274. The minimum absolute atomic E-state index is 0.0951. The maximum absolute atomic E-state index is 12.6. The topological polar surface area (TPSA) is 78.0 Å². The van der Waals surface area contributed by atoms with Gasteiger partial charge in [-0.05, 0) is 36.6 Å². The molecule has 7 nitrogen and oxygen atoms in total. The van der Waals surface area contributed by atoms with Crippen LogP contribution in [0.15, 0.2) is 53.5 Å². The molecule has 0 radical (unpaired) electrons. The number of ether oxygens (including phenoxy) is 1. The van der Waals surface area contributed by atoms with Gasteiger partial charge in [0.25, 0.3) is 0 Å². The van der Waals surface area contributed by atoms with E-state index in [1.807, 2.05) is 24.3 Å². The second-order valence-electron chi connectivity index (χ2n) is 7.26. The molecular weight excluding hydrogens is 423 g/mol. The summed E-state index contributed by atoms with van der Waals surface area (Å²) in [5.41, 5.74) is 1.95. The van der Waals surface area contributed by atoms with Crippen molar-refractivity contribution < 1.29 is 22.7 Å². The lowest BCUT2D eigenvalue weighted by Gasteiger charge is -2.17. The maximum Gasteiger partial charge on any atom is 0.573 e. The van der Waals surface area contributed by atoms with E-state index in [0.29, 0.717) is 23.8 Å². The molecule has 0 bridgehead atoms. The number of carbonyl (C=O) groups is 1. The molecule has 1 saturated heterocycles. The molecule has 3 N–H and O–H groups in total. The van der Waals surface area contributed by atoms with Crippen molar-refractivity contribution in [2.45, 2.75) is 32.3 Å². The van der Waals surface area contributed by atoms with Gasteiger partial charge in [-0.3, -0.25) is 4.99 Å². The Balaban J connectivity index is 1.53. The van der Waals surface area contributed by atoms with E-state index in [-0.39, 0.29) is 18.3 Å². The predicted octanol–water partition coefficient (Wildman–Crippen LogP) is 4.08. The number of rotatable bonds is 6. The minimum atomic E-state index is -4.76. The summed E-state index contributed by atoms with van der Waals surface area (Å²) in [7, 11) is 1.57. The zero-order valence-corrected chi connectivity index (χ0v) is 17.7. The lowest BCUT2D eigenvalue weighted by atomic mass is 10.2. The molecule has 2 aromatic carbocycles. The number of amides is 2. The molecule has 2 aromatic rings. The van der Waals surface area contributed by atoms with Crippen molar-refractivity contribution >= 4 is 17.7 Å². The van der Waals surface area contributed by atoms with Crippen molar-refractivity contribution in [3.8, 4) is 5.75 Å². The molecule has 32 heavy (non-hydrogen) atoms. The summed E-state index contributed by atoms with van der Waals surface area (Å²) >= 11 is 0. The first-order valence-corrected chi connectivity index (χ1v) is 10.3. The number of anilines is 1. The molecule has 0 aromatic heterocycles. The monoisotopic (exact) mass is 449 g/mol. The largest absolute Gasteiger partial charge is 0.573 e. The second kappa shape index (κ2) is 10.7. The molecule has 3 rings (SSSR count). The molecule has 1 aliphatic heterocycles. The number of aliphatic imine (C=N–C) groups is 1. The van der Waals surface area contributed by atoms with Gasteiger partial charge in [-0.15, -0.1) is 13.2 Å². The highest BCUT2D eigenvalue weighted by Gasteiger charge is 2.31. The standard InChI is InChI=1S/C22H26F3N5O2/c1-26-20(28-15-17-8-2-3-10-19(17)32-22(23,24)25)27-14-16-7-6-9-18(13-16)29-21(31)30-11-4-5-12-30/h2-3,6-10,13H,4-5,11-12,14-15H2,1H3,(H,29,31)(H2,26,27,28). The van der Waals surface area contributed by atoms with E-state index in [1.165, 1.54) is 12.1 Å². The Hall–Kier alpha value is -3.43. The number of hydrogen-bond acceptors (Lipinski definition) is 3. The molecule has 0 saturated carbocycles. The van der Waals surface area contributed by atoms with E-state index in [9.17, 15) is 18.0 Å². The molecule has 0 spiro atoms. The van der Waals surface area contributed by atoms with Gasteiger partial charge in [-0.2, -0.15) is 0 Å². The fourth-order valence-electron chi connectivity index (χ4n) is 3.34. The van der Waals surface area contributed by atoms with Crippen molar-refractivity contribution in [3.63, 3.8) is 0 Å². The number of hydrogen-bond donors (Lipinski definition) is 3. The molecule has 2 amide bonds. The molecule has 172 valence electrons. The van der Waals surface area contributed by atoms with E-state index in [2.05, 4.69) is 25.7 Å². The van der Waals surface area contributed by atoms with Crippen molar-refractivity contribution in [1.29, 1.82) is 0 Å². The second-order valence-corrected chi connectivity index (χ2v) is 7.26. The van der Waals surface area contributed by atoms with Crippen LogP contribution in [0.25, 0.3) is 0 Å². The van der Waals surface area contributed by atoms with Crippen molar-refractivity contribution in [2.24, 2.45) is 4.99 Å². The molecule has 0 unspecified atom stereocenters. The number of alkyl halides is 3. The van der Waals surface area contributed by atoms with Crippen molar-refractivity contribution in [2.75, 3.05) is 25.5 Å². The zero-order valence-electron chi connectivity index (χ0n) is 17.7. The Labute approximate surface area is 184 Å². The van der Waals surface area contributed by atoms with Crippen LogP contribution in [-0.4, -0.2) is 43.4 Å². The third kappa shape index (κ3) is 7.07. The number of urea groups is 1. The number of likely N-dealkylation sites (tertiary alicyclic amines) is 1. The fourth-order valence-corrected chi connectivity index (χ4v) is 3.34. The van der Waals surface area contributed by atoms with Crippen LogP contribution in [-0.2, 0) is 13.1 Å². The number of halogens is 3. The zero-order chi connectivity index (χ0) is 23.0. The van der Waals surface area contributed by atoms with Crippen LogP contribution in [0.4, 0.5) is 23.7 Å². The first-order chi connectivity index (χ1) is 15.3.